The van der Waals surface area contributed by atoms with E-state index in [0.29, 0.717) is 17.4 Å². The zero-order valence-corrected chi connectivity index (χ0v) is 18.1. The lowest BCUT2D eigenvalue weighted by Crippen LogP contribution is -2.42. The summed E-state index contributed by atoms with van der Waals surface area (Å²) in [4.78, 5) is 6.53. The van der Waals surface area contributed by atoms with Crippen molar-refractivity contribution in [2.75, 3.05) is 13.1 Å². The minimum atomic E-state index is -0.211. The van der Waals surface area contributed by atoms with Gasteiger partial charge >= 0.3 is 0 Å². The molecule has 2 N–H and O–H groups in total. The molecule has 5 nitrogen and oxygen atoms in total. The maximum Gasteiger partial charge on any atom is 0.253 e. The number of nitrogens with two attached hydrogens (primary N) is 1. The van der Waals surface area contributed by atoms with Crippen LogP contribution in [0.25, 0.3) is 11.1 Å². The molecule has 2 aromatic carbocycles. The Labute approximate surface area is 182 Å². The van der Waals surface area contributed by atoms with Gasteiger partial charge in [0, 0.05) is 30.6 Å². The van der Waals surface area contributed by atoms with Gasteiger partial charge < -0.3 is 15.2 Å². The summed E-state index contributed by atoms with van der Waals surface area (Å²) in [5, 5.41) is 4.19. The molecule has 1 aromatic heterocycles. The van der Waals surface area contributed by atoms with Crippen LogP contribution in [0, 0.1) is 11.7 Å². The van der Waals surface area contributed by atoms with Gasteiger partial charge in [-0.1, -0.05) is 61.5 Å². The predicted molar refractivity (Wildman–Crippen MR) is 122 cm³/mol. The van der Waals surface area contributed by atoms with Gasteiger partial charge in [0.2, 0.25) is 0 Å². The summed E-state index contributed by atoms with van der Waals surface area (Å²) in [5.41, 5.74) is 9.65. The van der Waals surface area contributed by atoms with Gasteiger partial charge in [0.1, 0.15) is 5.82 Å². The van der Waals surface area contributed by atoms with Crippen LogP contribution in [0.3, 0.4) is 0 Å². The largest absolute Gasteiger partial charge is 0.369 e. The monoisotopic (exact) mass is 420 g/mol. The highest BCUT2D eigenvalue weighted by molar-refractivity contribution is 5.80. The van der Waals surface area contributed by atoms with Crippen molar-refractivity contribution in [2.24, 2.45) is 16.6 Å². The second-order valence-corrected chi connectivity index (χ2v) is 8.51. The van der Waals surface area contributed by atoms with E-state index in [1.54, 1.807) is 12.1 Å². The van der Waals surface area contributed by atoms with Crippen LogP contribution in [-0.2, 0) is 6.42 Å². The van der Waals surface area contributed by atoms with Gasteiger partial charge in [-0.2, -0.15) is 4.99 Å². The quantitative estimate of drug-likeness (QED) is 0.437. The highest BCUT2D eigenvalue weighted by Crippen LogP contribution is 2.27. The van der Waals surface area contributed by atoms with E-state index < -0.39 is 0 Å². The molecule has 2 heterocycles. The molecule has 1 atom stereocenters. The molecule has 1 aliphatic heterocycles. The van der Waals surface area contributed by atoms with E-state index in [-0.39, 0.29) is 11.7 Å². The summed E-state index contributed by atoms with van der Waals surface area (Å²) in [6.45, 7) is 6.22. The van der Waals surface area contributed by atoms with E-state index in [0.717, 1.165) is 55.1 Å². The fourth-order valence-electron chi connectivity index (χ4n) is 3.96. The maximum atomic E-state index is 14.0. The minimum absolute atomic E-state index is 0.157. The van der Waals surface area contributed by atoms with E-state index >= 15 is 0 Å². The van der Waals surface area contributed by atoms with Gasteiger partial charge in [0.15, 0.2) is 5.96 Å². The van der Waals surface area contributed by atoms with Gasteiger partial charge in [0.25, 0.3) is 5.88 Å². The molecule has 162 valence electrons. The number of benzene rings is 2. The molecule has 0 bridgehead atoms. The van der Waals surface area contributed by atoms with Crippen LogP contribution < -0.4 is 5.73 Å². The second-order valence-electron chi connectivity index (χ2n) is 8.51. The number of likely N-dealkylation sites (tertiary alicyclic amines) is 1. The van der Waals surface area contributed by atoms with Crippen molar-refractivity contribution < 1.29 is 8.91 Å². The van der Waals surface area contributed by atoms with Crippen LogP contribution in [0.2, 0.25) is 0 Å². The summed E-state index contributed by atoms with van der Waals surface area (Å²) in [7, 11) is 0. The first-order chi connectivity index (χ1) is 15.0. The molecule has 0 saturated carbocycles. The Morgan fingerprint density at radius 1 is 1.19 bits per heavy atom. The molecule has 1 fully saturated rings. The lowest BCUT2D eigenvalue weighted by molar-refractivity contribution is 0.278. The van der Waals surface area contributed by atoms with Crippen molar-refractivity contribution in [1.82, 2.24) is 10.1 Å². The Hall–Kier alpha value is -3.15. The van der Waals surface area contributed by atoms with Gasteiger partial charge in [0.05, 0.1) is 5.69 Å². The zero-order valence-electron chi connectivity index (χ0n) is 18.1. The lowest BCUT2D eigenvalue weighted by Gasteiger charge is -2.30. The summed E-state index contributed by atoms with van der Waals surface area (Å²) in [5.74, 6) is 1.61. The standard InChI is InChI=1S/C25H29FN4O/c1-17-11-13-30(14-12-17)25(27)28-24-16-23(29-31-24)18(2)15-19-7-9-20(10-8-19)21-5-3-4-6-22(21)26/h3-10,16-18H,11-15H2,1-2H3,(H2,27,28). The molecule has 1 saturated heterocycles. The SMILES string of the molecule is CC1CCN(C(N)=Nc2cc(C(C)Cc3ccc(-c4ccccc4F)cc3)no2)CC1. The van der Waals surface area contributed by atoms with Gasteiger partial charge in [-0.3, -0.25) is 0 Å². The summed E-state index contributed by atoms with van der Waals surface area (Å²) >= 11 is 0. The van der Waals surface area contributed by atoms with E-state index in [4.69, 9.17) is 10.3 Å². The molecule has 3 aromatic rings. The van der Waals surface area contributed by atoms with Crippen molar-refractivity contribution in [3.8, 4) is 11.1 Å². The first-order valence-electron chi connectivity index (χ1n) is 10.9. The molecule has 1 unspecified atom stereocenters. The molecule has 1 aliphatic rings. The van der Waals surface area contributed by atoms with Crippen molar-refractivity contribution in [2.45, 2.75) is 39.0 Å². The minimum Gasteiger partial charge on any atom is -0.369 e. The molecule has 0 aliphatic carbocycles. The Bertz CT molecular complexity index is 1040. The van der Waals surface area contributed by atoms with Gasteiger partial charge in [-0.15, -0.1) is 0 Å². The third-order valence-electron chi connectivity index (χ3n) is 6.03. The van der Waals surface area contributed by atoms with Crippen molar-refractivity contribution in [1.29, 1.82) is 0 Å². The third kappa shape index (κ3) is 5.13. The molecular weight excluding hydrogens is 391 g/mol. The van der Waals surface area contributed by atoms with Crippen LogP contribution in [0.1, 0.15) is 43.9 Å². The summed E-state index contributed by atoms with van der Waals surface area (Å²) in [6.07, 6.45) is 3.06. The number of hydrogen-bond donors (Lipinski definition) is 1. The van der Waals surface area contributed by atoms with Crippen LogP contribution in [0.15, 0.2) is 64.1 Å². The first kappa shape index (κ1) is 21.1. The highest BCUT2D eigenvalue weighted by atomic mass is 19.1. The molecular formula is C25H29FN4O. The fraction of sp³-hybridized carbons (Fsp3) is 0.360. The van der Waals surface area contributed by atoms with E-state index in [1.807, 2.05) is 36.4 Å². The number of rotatable bonds is 5. The Balaban J connectivity index is 1.39. The second kappa shape index (κ2) is 9.33. The first-order valence-corrected chi connectivity index (χ1v) is 10.9. The number of aromatic nitrogens is 1. The number of hydrogen-bond acceptors (Lipinski definition) is 3. The lowest BCUT2D eigenvalue weighted by atomic mass is 9.96. The molecule has 4 rings (SSSR count). The topological polar surface area (TPSA) is 67.7 Å². The normalized spacial score (nSPS) is 16.5. The molecule has 0 radical (unpaired) electrons. The van der Waals surface area contributed by atoms with Crippen LogP contribution >= 0.6 is 0 Å². The average molecular weight is 421 g/mol. The van der Waals surface area contributed by atoms with Gasteiger partial charge in [-0.25, -0.2) is 4.39 Å². The average Bonchev–Trinajstić information content (AvgIpc) is 3.24. The Morgan fingerprint density at radius 2 is 1.90 bits per heavy atom. The third-order valence-corrected chi connectivity index (χ3v) is 6.03. The number of halogens is 1. The van der Waals surface area contributed by atoms with Crippen molar-refractivity contribution in [3.05, 3.63) is 71.7 Å². The fourth-order valence-corrected chi connectivity index (χ4v) is 3.96. The molecule has 0 spiro atoms. The van der Waals surface area contributed by atoms with Crippen molar-refractivity contribution >= 4 is 11.8 Å². The maximum absolute atomic E-state index is 14.0. The predicted octanol–water partition coefficient (Wildman–Crippen LogP) is 5.51. The van der Waals surface area contributed by atoms with E-state index in [2.05, 4.69) is 28.9 Å². The van der Waals surface area contributed by atoms with E-state index in [9.17, 15) is 4.39 Å². The number of aliphatic imine (C=N–C) groups is 1. The van der Waals surface area contributed by atoms with E-state index in [1.165, 1.54) is 6.07 Å². The molecule has 31 heavy (non-hydrogen) atoms. The molecule has 0 amide bonds. The summed E-state index contributed by atoms with van der Waals surface area (Å²) in [6, 6.07) is 16.7. The Kier molecular flexibility index (Phi) is 6.35. The highest BCUT2D eigenvalue weighted by Gasteiger charge is 2.18. The van der Waals surface area contributed by atoms with Crippen LogP contribution in [0.5, 0.6) is 0 Å². The van der Waals surface area contributed by atoms with Crippen LogP contribution in [0.4, 0.5) is 10.3 Å². The Morgan fingerprint density at radius 3 is 2.61 bits per heavy atom. The van der Waals surface area contributed by atoms with Gasteiger partial charge in [-0.05, 0) is 42.4 Å². The number of piperidine rings is 1. The molecule has 6 heteroatoms. The summed E-state index contributed by atoms with van der Waals surface area (Å²) < 4.78 is 19.4. The van der Waals surface area contributed by atoms with Crippen molar-refractivity contribution in [3.63, 3.8) is 0 Å². The zero-order chi connectivity index (χ0) is 21.8. The number of guanidine groups is 1. The smallest absolute Gasteiger partial charge is 0.253 e. The number of nitrogens with zero attached hydrogens (tertiary/aromatic N) is 3. The van der Waals surface area contributed by atoms with Crippen LogP contribution in [-0.4, -0.2) is 29.1 Å².